The normalized spacial score (nSPS) is 21.9. The van der Waals surface area contributed by atoms with Crippen LogP contribution in [0.25, 0.3) is 10.8 Å². The van der Waals surface area contributed by atoms with Crippen molar-refractivity contribution in [1.29, 1.82) is 0 Å². The van der Waals surface area contributed by atoms with E-state index in [0.29, 0.717) is 32.4 Å². The van der Waals surface area contributed by atoms with Crippen LogP contribution in [0.5, 0.6) is 0 Å². The van der Waals surface area contributed by atoms with Crippen molar-refractivity contribution >= 4 is 51.1 Å². The predicted octanol–water partition coefficient (Wildman–Crippen LogP) is 1.38. The Morgan fingerprint density at radius 1 is 1.03 bits per heavy atom. The van der Waals surface area contributed by atoms with Crippen LogP contribution >= 0.6 is 12.6 Å². The fourth-order valence-corrected chi connectivity index (χ4v) is 6.89. The highest BCUT2D eigenvalue weighted by atomic mass is 32.2. The molecule has 4 rings (SSSR count). The summed E-state index contributed by atoms with van der Waals surface area (Å²) in [5, 5.41) is 13.4. The molecule has 0 spiro atoms. The highest BCUT2D eigenvalue weighted by Gasteiger charge is 2.42. The van der Waals surface area contributed by atoms with Crippen molar-refractivity contribution in [1.82, 2.24) is 14.5 Å². The Balaban J connectivity index is 1.37. The van der Waals surface area contributed by atoms with Gasteiger partial charge in [0.1, 0.15) is 0 Å². The van der Waals surface area contributed by atoms with E-state index < -0.39 is 28.0 Å². The zero-order valence-electron chi connectivity index (χ0n) is 19.2. The largest absolute Gasteiger partial charge is 0.481 e. The average Bonchev–Trinajstić information content (AvgIpc) is 3.26. The summed E-state index contributed by atoms with van der Waals surface area (Å²) < 4.78 is 28.1. The van der Waals surface area contributed by atoms with Crippen molar-refractivity contribution < 1.29 is 27.9 Å². The van der Waals surface area contributed by atoms with Crippen molar-refractivity contribution in [2.24, 2.45) is 5.92 Å². The molecule has 9 nitrogen and oxygen atoms in total. The van der Waals surface area contributed by atoms with E-state index in [9.17, 15) is 22.8 Å². The van der Waals surface area contributed by atoms with E-state index in [2.05, 4.69) is 17.9 Å². The Morgan fingerprint density at radius 2 is 1.71 bits per heavy atom. The molecule has 1 amide bonds. The Bertz CT molecular complexity index is 1230. The molecule has 2 aromatic rings. The monoisotopic (exact) mass is 519 g/mol. The topological polar surface area (TPSA) is 124 Å². The number of piperidine rings is 1. The van der Waals surface area contributed by atoms with Crippen LogP contribution < -0.4 is 5.32 Å². The SMILES string of the molecule is O=C(O)C1CCN(C(=O)CNCC(=O)C2CC(S)CN2S(=O)(=O)c2ccc3ccccc3c2)CC1. The van der Waals surface area contributed by atoms with E-state index >= 15 is 0 Å². The molecule has 2 aliphatic rings. The highest BCUT2D eigenvalue weighted by molar-refractivity contribution is 7.89. The minimum absolute atomic E-state index is 0.0715. The third-order valence-corrected chi connectivity index (χ3v) is 8.95. The van der Waals surface area contributed by atoms with Crippen LogP contribution in [0.2, 0.25) is 0 Å². The maximum absolute atomic E-state index is 13.4. The van der Waals surface area contributed by atoms with Gasteiger partial charge in [0.15, 0.2) is 5.78 Å². The number of sulfonamides is 1. The van der Waals surface area contributed by atoms with Gasteiger partial charge in [-0.05, 0) is 42.2 Å². The Morgan fingerprint density at radius 3 is 2.40 bits per heavy atom. The molecule has 2 heterocycles. The third kappa shape index (κ3) is 5.69. The van der Waals surface area contributed by atoms with Gasteiger partial charge in [-0.25, -0.2) is 8.42 Å². The molecule has 2 aromatic carbocycles. The van der Waals surface area contributed by atoms with Crippen LogP contribution in [-0.2, 0) is 24.4 Å². The number of aliphatic carboxylic acids is 1. The third-order valence-electron chi connectivity index (χ3n) is 6.71. The summed E-state index contributed by atoms with van der Waals surface area (Å²) in [6, 6.07) is 11.5. The molecule has 2 fully saturated rings. The lowest BCUT2D eigenvalue weighted by atomic mass is 9.97. The number of Topliss-reactive ketones (excluding diaryl/α,β-unsaturated/α-hetero) is 1. The Kier molecular flexibility index (Phi) is 7.80. The van der Waals surface area contributed by atoms with Gasteiger partial charge in [-0.2, -0.15) is 16.9 Å². The number of carboxylic acid groups (broad SMARTS) is 1. The number of hydrogen-bond acceptors (Lipinski definition) is 7. The molecule has 35 heavy (non-hydrogen) atoms. The first-order valence-electron chi connectivity index (χ1n) is 11.6. The number of nitrogens with zero attached hydrogens (tertiary/aromatic N) is 2. The van der Waals surface area contributed by atoms with Gasteiger partial charge < -0.3 is 15.3 Å². The summed E-state index contributed by atoms with van der Waals surface area (Å²) in [6.07, 6.45) is 1.12. The molecule has 188 valence electrons. The fourth-order valence-electron chi connectivity index (χ4n) is 4.70. The first-order chi connectivity index (χ1) is 16.7. The Labute approximate surface area is 209 Å². The number of likely N-dealkylation sites (tertiary alicyclic amines) is 1. The quantitative estimate of drug-likeness (QED) is 0.450. The van der Waals surface area contributed by atoms with Crippen LogP contribution in [0.3, 0.4) is 0 Å². The van der Waals surface area contributed by atoms with Gasteiger partial charge in [-0.1, -0.05) is 30.3 Å². The van der Waals surface area contributed by atoms with Gasteiger partial charge in [0.05, 0.1) is 29.9 Å². The van der Waals surface area contributed by atoms with Crippen LogP contribution in [0.1, 0.15) is 19.3 Å². The smallest absolute Gasteiger partial charge is 0.306 e. The van der Waals surface area contributed by atoms with Crippen LogP contribution in [0, 0.1) is 5.92 Å². The first kappa shape index (κ1) is 25.6. The van der Waals surface area contributed by atoms with Gasteiger partial charge in [0, 0.05) is 24.9 Å². The summed E-state index contributed by atoms with van der Waals surface area (Å²) in [5.41, 5.74) is 0. The van der Waals surface area contributed by atoms with E-state index in [0.717, 1.165) is 10.8 Å². The lowest BCUT2D eigenvalue weighted by Crippen LogP contribution is -2.47. The lowest BCUT2D eigenvalue weighted by molar-refractivity contribution is -0.145. The highest BCUT2D eigenvalue weighted by Crippen LogP contribution is 2.30. The molecule has 0 aromatic heterocycles. The number of nitrogens with one attached hydrogen (secondary N) is 1. The van der Waals surface area contributed by atoms with Crippen molar-refractivity contribution in [2.75, 3.05) is 32.7 Å². The summed E-state index contributed by atoms with van der Waals surface area (Å²) in [5.74, 6) is -1.80. The molecule has 2 atom stereocenters. The Hall–Kier alpha value is -2.47. The van der Waals surface area contributed by atoms with Gasteiger partial charge >= 0.3 is 5.97 Å². The molecule has 2 unspecified atom stereocenters. The molecule has 0 radical (unpaired) electrons. The molecule has 2 aliphatic heterocycles. The fraction of sp³-hybridized carbons (Fsp3) is 0.458. The number of rotatable bonds is 8. The zero-order valence-corrected chi connectivity index (χ0v) is 20.9. The minimum atomic E-state index is -3.92. The standard InChI is InChI=1S/C24H29N3O6S2/c28-22(13-25-14-23(29)26-9-7-17(8-10-26)24(30)31)21-12-19(34)15-27(21)35(32,33)20-6-5-16-3-1-2-4-18(16)11-20/h1-6,11,17,19,21,25,34H,7-10,12-15H2,(H,30,31). The van der Waals surface area contributed by atoms with Crippen molar-refractivity contribution in [3.63, 3.8) is 0 Å². The number of benzene rings is 2. The summed E-state index contributed by atoms with van der Waals surface area (Å²) >= 11 is 4.44. The van der Waals surface area contributed by atoms with E-state index in [1.54, 1.807) is 23.1 Å². The second-order valence-electron chi connectivity index (χ2n) is 9.05. The molecular weight excluding hydrogens is 490 g/mol. The van der Waals surface area contributed by atoms with E-state index in [1.165, 1.54) is 4.31 Å². The molecule has 11 heteroatoms. The number of hydrogen-bond donors (Lipinski definition) is 3. The predicted molar refractivity (Wildman–Crippen MR) is 134 cm³/mol. The number of thiol groups is 1. The van der Waals surface area contributed by atoms with Crippen LogP contribution in [0.15, 0.2) is 47.4 Å². The van der Waals surface area contributed by atoms with Crippen molar-refractivity contribution in [2.45, 2.75) is 35.4 Å². The summed E-state index contributed by atoms with van der Waals surface area (Å²) in [7, 11) is -3.92. The average molecular weight is 520 g/mol. The van der Waals surface area contributed by atoms with Crippen molar-refractivity contribution in [3.05, 3.63) is 42.5 Å². The number of carboxylic acids is 1. The zero-order chi connectivity index (χ0) is 25.2. The number of fused-ring (bicyclic) bond motifs is 1. The van der Waals surface area contributed by atoms with Gasteiger partial charge in [-0.3, -0.25) is 14.4 Å². The number of ketones is 1. The van der Waals surface area contributed by atoms with Crippen LogP contribution in [-0.4, -0.2) is 84.4 Å². The molecule has 0 saturated carbocycles. The molecule has 0 aliphatic carbocycles. The maximum Gasteiger partial charge on any atom is 0.306 e. The molecule has 0 bridgehead atoms. The number of carbonyl (C=O) groups excluding carboxylic acids is 2. The van der Waals surface area contributed by atoms with E-state index in [4.69, 9.17) is 5.11 Å². The molecular formula is C24H29N3O6S2. The van der Waals surface area contributed by atoms with E-state index in [-0.39, 0.29) is 41.5 Å². The molecule has 2 N–H and O–H groups in total. The summed E-state index contributed by atoms with van der Waals surface area (Å²) in [4.78, 5) is 38.2. The van der Waals surface area contributed by atoms with E-state index in [1.807, 2.05) is 24.3 Å². The maximum atomic E-state index is 13.4. The number of amides is 1. The van der Waals surface area contributed by atoms with Gasteiger partial charge in [0.25, 0.3) is 0 Å². The van der Waals surface area contributed by atoms with Crippen molar-refractivity contribution in [3.8, 4) is 0 Å². The summed E-state index contributed by atoms with van der Waals surface area (Å²) in [6.45, 7) is 0.649. The minimum Gasteiger partial charge on any atom is -0.481 e. The number of carbonyl (C=O) groups is 3. The van der Waals surface area contributed by atoms with Gasteiger partial charge in [-0.15, -0.1) is 0 Å². The second-order valence-corrected chi connectivity index (χ2v) is 11.7. The first-order valence-corrected chi connectivity index (χ1v) is 13.5. The van der Waals surface area contributed by atoms with Gasteiger partial charge in [0.2, 0.25) is 15.9 Å². The lowest BCUT2D eigenvalue weighted by Gasteiger charge is -2.30. The second kappa shape index (κ2) is 10.7. The molecule has 2 saturated heterocycles. The van der Waals surface area contributed by atoms with Crippen LogP contribution in [0.4, 0.5) is 0 Å².